The molecule has 0 aromatic heterocycles. The van der Waals surface area contributed by atoms with Gasteiger partial charge in [0.25, 0.3) is 0 Å². The lowest BCUT2D eigenvalue weighted by molar-refractivity contribution is 0.661. The molecule has 1 aliphatic rings. The van der Waals surface area contributed by atoms with Crippen LogP contribution in [-0.4, -0.2) is 0 Å². The van der Waals surface area contributed by atoms with Crippen molar-refractivity contribution < 1.29 is 0 Å². The molecule has 0 saturated carbocycles. The Morgan fingerprint density at radius 2 is 0.857 bits per heavy atom. The van der Waals surface area contributed by atoms with Crippen LogP contribution in [0.3, 0.4) is 0 Å². The predicted octanol–water partition coefficient (Wildman–Crippen LogP) is 15.3. The van der Waals surface area contributed by atoms with Gasteiger partial charge in [-0.25, -0.2) is 0 Å². The smallest absolute Gasteiger partial charge is 0.0540 e. The number of fused-ring (bicyclic) bond motifs is 4. The quantitative estimate of drug-likeness (QED) is 0.159. The van der Waals surface area contributed by atoms with E-state index in [2.05, 4.69) is 231 Å². The monoisotopic (exact) mass is 715 g/mol. The summed E-state index contributed by atoms with van der Waals surface area (Å²) in [5, 5.41) is 2.57. The minimum Gasteiger partial charge on any atom is -0.310 e. The Morgan fingerprint density at radius 1 is 0.339 bits per heavy atom. The number of para-hydroxylation sites is 2. The van der Waals surface area contributed by atoms with Crippen molar-refractivity contribution in [3.8, 4) is 55.6 Å². The Labute approximate surface area is 329 Å². The summed E-state index contributed by atoms with van der Waals surface area (Å²) < 4.78 is 0. The molecular formula is C55H41N. The number of nitrogens with zero attached hydrogens (tertiary/aromatic N) is 1. The summed E-state index contributed by atoms with van der Waals surface area (Å²) in [6.07, 6.45) is 0. The zero-order chi connectivity index (χ0) is 37.6. The summed E-state index contributed by atoms with van der Waals surface area (Å²) in [6, 6.07) is 77.4. The van der Waals surface area contributed by atoms with E-state index in [1.807, 2.05) is 0 Å². The molecule has 0 radical (unpaired) electrons. The van der Waals surface area contributed by atoms with Crippen LogP contribution >= 0.6 is 0 Å². The minimum absolute atomic E-state index is 0.218. The number of hydrogen-bond donors (Lipinski definition) is 0. The highest BCUT2D eigenvalue weighted by atomic mass is 15.1. The average molecular weight is 716 g/mol. The number of anilines is 3. The summed E-state index contributed by atoms with van der Waals surface area (Å²) in [7, 11) is 0. The topological polar surface area (TPSA) is 3.24 Å². The third-order valence-corrected chi connectivity index (χ3v) is 11.7. The third-order valence-electron chi connectivity index (χ3n) is 11.7. The molecule has 266 valence electrons. The fourth-order valence-electron chi connectivity index (χ4n) is 9.02. The van der Waals surface area contributed by atoms with Crippen LogP contribution in [0.1, 0.15) is 25.0 Å². The molecular weight excluding hydrogens is 675 g/mol. The van der Waals surface area contributed by atoms with E-state index in [4.69, 9.17) is 0 Å². The second-order valence-corrected chi connectivity index (χ2v) is 15.3. The molecule has 0 fully saturated rings. The molecule has 0 aliphatic heterocycles. The molecule has 0 N–H and O–H groups in total. The zero-order valence-corrected chi connectivity index (χ0v) is 31.7. The van der Waals surface area contributed by atoms with Crippen LogP contribution in [0.15, 0.2) is 212 Å². The lowest BCUT2D eigenvalue weighted by Crippen LogP contribution is -2.17. The van der Waals surface area contributed by atoms with E-state index >= 15 is 0 Å². The van der Waals surface area contributed by atoms with Gasteiger partial charge in [0.05, 0.1) is 5.69 Å². The highest BCUT2D eigenvalue weighted by Crippen LogP contribution is 2.56. The zero-order valence-electron chi connectivity index (χ0n) is 31.7. The molecule has 0 atom stereocenters. The SMILES string of the molecule is CC1(C)c2cc(N(c3ccccc3)c3ccccc3-c3ccccc3-c3ccccc3-c3ccccc3)ccc2-c2c1cc1ccccc1c2-c1ccccc1. The van der Waals surface area contributed by atoms with Crippen molar-refractivity contribution in [1.29, 1.82) is 0 Å². The van der Waals surface area contributed by atoms with Gasteiger partial charge in [0.2, 0.25) is 0 Å². The van der Waals surface area contributed by atoms with Crippen molar-refractivity contribution in [2.45, 2.75) is 19.3 Å². The largest absolute Gasteiger partial charge is 0.310 e. The van der Waals surface area contributed by atoms with Crippen LogP contribution in [-0.2, 0) is 5.41 Å². The van der Waals surface area contributed by atoms with Gasteiger partial charge < -0.3 is 4.90 Å². The van der Waals surface area contributed by atoms with E-state index in [-0.39, 0.29) is 5.41 Å². The number of benzene rings is 9. The highest BCUT2D eigenvalue weighted by Gasteiger charge is 2.38. The van der Waals surface area contributed by atoms with Crippen LogP contribution in [0, 0.1) is 0 Å². The maximum Gasteiger partial charge on any atom is 0.0540 e. The molecule has 0 unspecified atom stereocenters. The van der Waals surface area contributed by atoms with Crippen LogP contribution in [0.4, 0.5) is 17.1 Å². The van der Waals surface area contributed by atoms with Crippen LogP contribution in [0.5, 0.6) is 0 Å². The van der Waals surface area contributed by atoms with E-state index in [9.17, 15) is 0 Å². The Morgan fingerprint density at radius 3 is 1.55 bits per heavy atom. The molecule has 1 aliphatic carbocycles. The standard InChI is InChI=1S/C55H41N/c1-55(2)50-37-42(34-35-49(50)54-51(55)36-40-24-12-13-28-44(40)53(54)39-22-8-4-9-23-39)56(41-25-10-5-11-26-41)52-33-19-18-32-48(52)47-31-17-16-30-46(47)45-29-15-14-27-43(45)38-20-6-3-7-21-38/h3-37H,1-2H3. The van der Waals surface area contributed by atoms with Gasteiger partial charge in [0.15, 0.2) is 0 Å². The Balaban J connectivity index is 1.17. The maximum atomic E-state index is 2.45. The first kappa shape index (κ1) is 33.6. The Hall–Kier alpha value is -6.96. The molecule has 1 heteroatoms. The molecule has 0 heterocycles. The minimum atomic E-state index is -0.218. The normalized spacial score (nSPS) is 12.6. The Bertz CT molecular complexity index is 2870. The van der Waals surface area contributed by atoms with Crippen molar-refractivity contribution in [2.75, 3.05) is 4.90 Å². The van der Waals surface area contributed by atoms with E-state index in [0.29, 0.717) is 0 Å². The first-order valence-corrected chi connectivity index (χ1v) is 19.5. The van der Waals surface area contributed by atoms with Crippen molar-refractivity contribution in [3.05, 3.63) is 223 Å². The molecule has 1 nitrogen and oxygen atoms in total. The summed E-state index contributed by atoms with van der Waals surface area (Å²) in [5.74, 6) is 0. The molecule has 0 saturated heterocycles. The molecule has 0 amide bonds. The Kier molecular flexibility index (Phi) is 8.23. The molecule has 0 bridgehead atoms. The molecule has 9 aromatic rings. The van der Waals surface area contributed by atoms with Crippen molar-refractivity contribution >= 4 is 27.8 Å². The molecule has 56 heavy (non-hydrogen) atoms. The average Bonchev–Trinajstić information content (AvgIpc) is 3.49. The predicted molar refractivity (Wildman–Crippen MR) is 238 cm³/mol. The molecule has 0 spiro atoms. The van der Waals surface area contributed by atoms with Crippen molar-refractivity contribution in [2.24, 2.45) is 0 Å². The van der Waals surface area contributed by atoms with E-state index < -0.39 is 0 Å². The molecule has 9 aromatic carbocycles. The van der Waals surface area contributed by atoms with Gasteiger partial charge in [-0.3, -0.25) is 0 Å². The van der Waals surface area contributed by atoms with Crippen molar-refractivity contribution in [3.63, 3.8) is 0 Å². The fourth-order valence-corrected chi connectivity index (χ4v) is 9.02. The molecule has 10 rings (SSSR count). The van der Waals surface area contributed by atoms with Gasteiger partial charge in [-0.05, 0) is 108 Å². The summed E-state index contributed by atoms with van der Waals surface area (Å²) in [5.41, 5.74) is 18.3. The summed E-state index contributed by atoms with van der Waals surface area (Å²) in [6.45, 7) is 4.79. The first-order valence-electron chi connectivity index (χ1n) is 19.5. The van der Waals surface area contributed by atoms with Crippen molar-refractivity contribution in [1.82, 2.24) is 0 Å². The van der Waals surface area contributed by atoms with Gasteiger partial charge in [0.1, 0.15) is 0 Å². The lowest BCUT2D eigenvalue weighted by atomic mass is 9.80. The van der Waals surface area contributed by atoms with Crippen LogP contribution in [0.2, 0.25) is 0 Å². The summed E-state index contributed by atoms with van der Waals surface area (Å²) in [4.78, 5) is 2.45. The maximum absolute atomic E-state index is 2.45. The second kappa shape index (κ2) is 13.7. The van der Waals surface area contributed by atoms with E-state index in [0.717, 1.165) is 17.1 Å². The fraction of sp³-hybridized carbons (Fsp3) is 0.0545. The highest BCUT2D eigenvalue weighted by molar-refractivity contribution is 6.08. The van der Waals surface area contributed by atoms with Gasteiger partial charge in [-0.15, -0.1) is 0 Å². The number of hydrogen-bond acceptors (Lipinski definition) is 1. The first-order chi connectivity index (χ1) is 27.6. The summed E-state index contributed by atoms with van der Waals surface area (Å²) >= 11 is 0. The third kappa shape index (κ3) is 5.55. The van der Waals surface area contributed by atoms with E-state index in [1.165, 1.54) is 77.5 Å². The second-order valence-electron chi connectivity index (χ2n) is 15.3. The van der Waals surface area contributed by atoms with Gasteiger partial charge >= 0.3 is 0 Å². The van der Waals surface area contributed by atoms with Gasteiger partial charge in [-0.2, -0.15) is 0 Å². The van der Waals surface area contributed by atoms with Crippen LogP contribution in [0.25, 0.3) is 66.4 Å². The number of rotatable bonds is 7. The van der Waals surface area contributed by atoms with Gasteiger partial charge in [-0.1, -0.05) is 190 Å². The van der Waals surface area contributed by atoms with E-state index in [1.54, 1.807) is 0 Å². The lowest BCUT2D eigenvalue weighted by Gasteiger charge is -2.30. The van der Waals surface area contributed by atoms with Crippen LogP contribution < -0.4 is 4.90 Å². The van der Waals surface area contributed by atoms with Gasteiger partial charge in [0, 0.05) is 22.4 Å².